The average Bonchev–Trinajstić information content (AvgIpc) is 3.27. The summed E-state index contributed by atoms with van der Waals surface area (Å²) < 4.78 is 5.53. The van der Waals surface area contributed by atoms with Gasteiger partial charge in [0.2, 0.25) is 11.8 Å². The van der Waals surface area contributed by atoms with Gasteiger partial charge in [0.05, 0.1) is 6.10 Å². The molecule has 0 unspecified atom stereocenters. The van der Waals surface area contributed by atoms with Crippen molar-refractivity contribution in [2.24, 2.45) is 5.92 Å². The van der Waals surface area contributed by atoms with Crippen molar-refractivity contribution >= 4 is 11.8 Å². The summed E-state index contributed by atoms with van der Waals surface area (Å²) in [5, 5.41) is 8.79. The maximum absolute atomic E-state index is 11.5. The van der Waals surface area contributed by atoms with Gasteiger partial charge < -0.3 is 20.7 Å². The molecule has 1 saturated carbocycles. The van der Waals surface area contributed by atoms with Gasteiger partial charge in [0.1, 0.15) is 6.61 Å². The standard InChI is InChI=1S/C13H23N3O3/c17-12(9-19-11-3-5-14-6-4-11)15-7-8-16-13(18)10-1-2-10/h10-11,14H,1-9H2,(H,15,17)(H,16,18). The second-order valence-electron chi connectivity index (χ2n) is 5.18. The van der Waals surface area contributed by atoms with Gasteiger partial charge in [-0.25, -0.2) is 0 Å². The zero-order valence-electron chi connectivity index (χ0n) is 11.2. The van der Waals surface area contributed by atoms with Gasteiger partial charge in [0.15, 0.2) is 0 Å². The highest BCUT2D eigenvalue weighted by molar-refractivity contribution is 5.81. The summed E-state index contributed by atoms with van der Waals surface area (Å²) in [4.78, 5) is 22.8. The lowest BCUT2D eigenvalue weighted by atomic mass is 10.1. The summed E-state index contributed by atoms with van der Waals surface area (Å²) in [7, 11) is 0. The minimum Gasteiger partial charge on any atom is -0.368 e. The fraction of sp³-hybridized carbons (Fsp3) is 0.846. The van der Waals surface area contributed by atoms with E-state index < -0.39 is 0 Å². The summed E-state index contributed by atoms with van der Waals surface area (Å²) in [5.74, 6) is 0.221. The van der Waals surface area contributed by atoms with E-state index in [0.29, 0.717) is 13.1 Å². The van der Waals surface area contributed by atoms with Crippen LogP contribution < -0.4 is 16.0 Å². The molecular weight excluding hydrogens is 246 g/mol. The van der Waals surface area contributed by atoms with Crippen molar-refractivity contribution in [1.29, 1.82) is 0 Å². The molecule has 0 aromatic carbocycles. The van der Waals surface area contributed by atoms with E-state index in [0.717, 1.165) is 38.8 Å². The second kappa shape index (κ2) is 7.45. The second-order valence-corrected chi connectivity index (χ2v) is 5.18. The van der Waals surface area contributed by atoms with Gasteiger partial charge >= 0.3 is 0 Å². The Hall–Kier alpha value is -1.14. The first-order valence-electron chi connectivity index (χ1n) is 7.12. The van der Waals surface area contributed by atoms with E-state index in [1.165, 1.54) is 0 Å². The smallest absolute Gasteiger partial charge is 0.246 e. The van der Waals surface area contributed by atoms with Crippen molar-refractivity contribution in [2.75, 3.05) is 32.8 Å². The van der Waals surface area contributed by atoms with Crippen LogP contribution in [-0.2, 0) is 14.3 Å². The molecule has 1 aliphatic carbocycles. The molecule has 0 atom stereocenters. The van der Waals surface area contributed by atoms with Gasteiger partial charge in [0.25, 0.3) is 0 Å². The third-order valence-corrected chi connectivity index (χ3v) is 3.43. The first kappa shape index (κ1) is 14.3. The molecule has 1 saturated heterocycles. The minimum absolute atomic E-state index is 0.111. The predicted octanol–water partition coefficient (Wildman–Crippen LogP) is -0.603. The first-order chi connectivity index (χ1) is 9.25. The Labute approximate surface area is 113 Å². The summed E-state index contributed by atoms with van der Waals surface area (Å²) in [6.45, 7) is 2.99. The average molecular weight is 269 g/mol. The molecule has 108 valence electrons. The van der Waals surface area contributed by atoms with Crippen molar-refractivity contribution in [1.82, 2.24) is 16.0 Å². The van der Waals surface area contributed by atoms with E-state index in [2.05, 4.69) is 16.0 Å². The van der Waals surface area contributed by atoms with E-state index >= 15 is 0 Å². The van der Waals surface area contributed by atoms with Crippen LogP contribution >= 0.6 is 0 Å². The van der Waals surface area contributed by atoms with Crippen LogP contribution in [0.4, 0.5) is 0 Å². The van der Waals surface area contributed by atoms with Crippen LogP contribution in [0.15, 0.2) is 0 Å². The lowest BCUT2D eigenvalue weighted by Crippen LogP contribution is -2.38. The molecule has 0 radical (unpaired) electrons. The Morgan fingerprint density at radius 1 is 1.05 bits per heavy atom. The molecule has 0 aromatic heterocycles. The monoisotopic (exact) mass is 269 g/mol. The van der Waals surface area contributed by atoms with Gasteiger partial charge in [-0.2, -0.15) is 0 Å². The Balaban J connectivity index is 1.45. The number of hydrogen-bond donors (Lipinski definition) is 3. The highest BCUT2D eigenvalue weighted by Crippen LogP contribution is 2.28. The molecule has 19 heavy (non-hydrogen) atoms. The van der Waals surface area contributed by atoms with Crippen molar-refractivity contribution in [2.45, 2.75) is 31.8 Å². The molecule has 2 rings (SSSR count). The Bertz CT molecular complexity index is 312. The Morgan fingerprint density at radius 2 is 1.74 bits per heavy atom. The summed E-state index contributed by atoms with van der Waals surface area (Å²) in [5.41, 5.74) is 0. The lowest BCUT2D eigenvalue weighted by Gasteiger charge is -2.22. The van der Waals surface area contributed by atoms with E-state index in [1.54, 1.807) is 0 Å². The SMILES string of the molecule is O=C(COC1CCNCC1)NCCNC(=O)C1CC1. The molecule has 1 aliphatic heterocycles. The first-order valence-corrected chi connectivity index (χ1v) is 7.12. The molecule has 0 spiro atoms. The highest BCUT2D eigenvalue weighted by Gasteiger charge is 2.28. The number of piperidine rings is 1. The van der Waals surface area contributed by atoms with Gasteiger partial charge in [-0.3, -0.25) is 9.59 Å². The lowest BCUT2D eigenvalue weighted by molar-refractivity contribution is -0.128. The molecule has 2 aliphatic rings. The zero-order valence-corrected chi connectivity index (χ0v) is 11.2. The number of ether oxygens (including phenoxy) is 1. The van der Waals surface area contributed by atoms with Crippen LogP contribution in [0, 0.1) is 5.92 Å². The Kier molecular flexibility index (Phi) is 5.60. The topological polar surface area (TPSA) is 79.5 Å². The number of nitrogens with one attached hydrogen (secondary N) is 3. The van der Waals surface area contributed by atoms with Crippen molar-refractivity contribution in [3.8, 4) is 0 Å². The molecular formula is C13H23N3O3. The summed E-state index contributed by atoms with van der Waals surface area (Å²) in [6, 6.07) is 0. The van der Waals surface area contributed by atoms with E-state index in [9.17, 15) is 9.59 Å². The van der Waals surface area contributed by atoms with Crippen LogP contribution in [0.3, 0.4) is 0 Å². The summed E-state index contributed by atoms with van der Waals surface area (Å²) in [6.07, 6.45) is 4.13. The van der Waals surface area contributed by atoms with Crippen molar-refractivity contribution in [3.63, 3.8) is 0 Å². The number of amides is 2. The number of hydrogen-bond acceptors (Lipinski definition) is 4. The van der Waals surface area contributed by atoms with E-state index in [4.69, 9.17) is 4.74 Å². The van der Waals surface area contributed by atoms with Crippen LogP contribution in [0.25, 0.3) is 0 Å². The number of carbonyl (C=O) groups is 2. The van der Waals surface area contributed by atoms with E-state index in [-0.39, 0.29) is 30.4 Å². The molecule has 3 N–H and O–H groups in total. The Morgan fingerprint density at radius 3 is 2.42 bits per heavy atom. The fourth-order valence-electron chi connectivity index (χ4n) is 2.08. The van der Waals surface area contributed by atoms with Crippen molar-refractivity contribution in [3.05, 3.63) is 0 Å². The molecule has 6 heteroatoms. The zero-order chi connectivity index (χ0) is 13.5. The molecule has 2 amide bonds. The number of carbonyl (C=O) groups excluding carboxylic acids is 2. The number of rotatable bonds is 7. The summed E-state index contributed by atoms with van der Waals surface area (Å²) >= 11 is 0. The predicted molar refractivity (Wildman–Crippen MR) is 70.6 cm³/mol. The van der Waals surface area contributed by atoms with Crippen LogP contribution in [0.1, 0.15) is 25.7 Å². The quantitative estimate of drug-likeness (QED) is 0.539. The normalized spacial score (nSPS) is 20.0. The largest absolute Gasteiger partial charge is 0.368 e. The van der Waals surface area contributed by atoms with Crippen LogP contribution in [0.2, 0.25) is 0 Å². The minimum atomic E-state index is -0.112. The molecule has 2 fully saturated rings. The van der Waals surface area contributed by atoms with Gasteiger partial charge in [-0.05, 0) is 38.8 Å². The van der Waals surface area contributed by atoms with Gasteiger partial charge in [-0.15, -0.1) is 0 Å². The third kappa shape index (κ3) is 5.57. The molecule has 1 heterocycles. The maximum Gasteiger partial charge on any atom is 0.246 e. The fourth-order valence-corrected chi connectivity index (χ4v) is 2.08. The van der Waals surface area contributed by atoms with Crippen LogP contribution in [-0.4, -0.2) is 50.7 Å². The molecule has 6 nitrogen and oxygen atoms in total. The van der Waals surface area contributed by atoms with E-state index in [1.807, 2.05) is 0 Å². The molecule has 0 bridgehead atoms. The van der Waals surface area contributed by atoms with Crippen LogP contribution in [0.5, 0.6) is 0 Å². The highest BCUT2D eigenvalue weighted by atomic mass is 16.5. The van der Waals surface area contributed by atoms with Gasteiger partial charge in [-0.1, -0.05) is 0 Å². The third-order valence-electron chi connectivity index (χ3n) is 3.43. The maximum atomic E-state index is 11.5. The van der Waals surface area contributed by atoms with Gasteiger partial charge in [0, 0.05) is 19.0 Å². The van der Waals surface area contributed by atoms with Crippen molar-refractivity contribution < 1.29 is 14.3 Å². The molecule has 0 aromatic rings.